The predicted molar refractivity (Wildman–Crippen MR) is 91.2 cm³/mol. The third-order valence-electron chi connectivity index (χ3n) is 5.21. The molecule has 0 aliphatic carbocycles. The molecule has 0 aromatic carbocycles. The summed E-state index contributed by atoms with van der Waals surface area (Å²) in [6.45, 7) is 12.2. The molecule has 0 saturated carbocycles. The number of rotatable bonds is 2. The van der Waals surface area contributed by atoms with Crippen LogP contribution in [0.15, 0.2) is 0 Å². The molecule has 0 aromatic rings. The summed E-state index contributed by atoms with van der Waals surface area (Å²) in [5, 5.41) is 0. The molecular formula is C19H39N. The molecule has 1 aliphatic rings. The van der Waals surface area contributed by atoms with E-state index in [1.54, 1.807) is 0 Å². The first kappa shape index (κ1) is 18.0. The van der Waals surface area contributed by atoms with E-state index in [-0.39, 0.29) is 0 Å². The van der Waals surface area contributed by atoms with Crippen molar-refractivity contribution < 1.29 is 0 Å². The van der Waals surface area contributed by atoms with Crippen LogP contribution >= 0.6 is 0 Å². The van der Waals surface area contributed by atoms with Crippen LogP contribution < -0.4 is 0 Å². The molecule has 0 N–H and O–H groups in total. The zero-order valence-electron chi connectivity index (χ0n) is 14.7. The normalized spacial score (nSPS) is 25.8. The summed E-state index contributed by atoms with van der Waals surface area (Å²) >= 11 is 0. The topological polar surface area (TPSA) is 3.24 Å². The van der Waals surface area contributed by atoms with Crippen molar-refractivity contribution in [1.29, 1.82) is 0 Å². The van der Waals surface area contributed by atoms with Gasteiger partial charge in [-0.3, -0.25) is 0 Å². The zero-order valence-corrected chi connectivity index (χ0v) is 14.7. The molecule has 20 heavy (non-hydrogen) atoms. The van der Waals surface area contributed by atoms with Crippen LogP contribution in [-0.2, 0) is 0 Å². The first-order valence-electron chi connectivity index (χ1n) is 9.35. The summed E-state index contributed by atoms with van der Waals surface area (Å²) in [6, 6.07) is 0.723. The molecule has 1 aliphatic heterocycles. The minimum absolute atomic E-state index is 0.723. The second kappa shape index (κ2) is 10.7. The van der Waals surface area contributed by atoms with Gasteiger partial charge in [0.1, 0.15) is 0 Å². The van der Waals surface area contributed by atoms with Crippen LogP contribution in [0.25, 0.3) is 0 Å². The van der Waals surface area contributed by atoms with Gasteiger partial charge in [0, 0.05) is 6.04 Å². The minimum atomic E-state index is 0.723. The lowest BCUT2D eigenvalue weighted by Gasteiger charge is -2.28. The second-order valence-corrected chi connectivity index (χ2v) is 7.54. The monoisotopic (exact) mass is 281 g/mol. The third kappa shape index (κ3) is 7.67. The Bertz CT molecular complexity index is 200. The zero-order chi connectivity index (χ0) is 14.8. The maximum atomic E-state index is 2.71. The number of nitrogens with zero attached hydrogens (tertiary/aromatic N) is 1. The van der Waals surface area contributed by atoms with Crippen LogP contribution in [0.3, 0.4) is 0 Å². The highest BCUT2D eigenvalue weighted by Gasteiger charge is 2.15. The van der Waals surface area contributed by atoms with Gasteiger partial charge < -0.3 is 4.90 Å². The van der Waals surface area contributed by atoms with E-state index in [9.17, 15) is 0 Å². The van der Waals surface area contributed by atoms with Crippen molar-refractivity contribution in [3.8, 4) is 0 Å². The van der Waals surface area contributed by atoms with E-state index in [1.165, 1.54) is 77.3 Å². The lowest BCUT2D eigenvalue weighted by Crippen LogP contribution is -2.33. The molecule has 1 heterocycles. The van der Waals surface area contributed by atoms with Crippen molar-refractivity contribution in [2.75, 3.05) is 13.1 Å². The first-order valence-corrected chi connectivity index (χ1v) is 9.35. The quantitative estimate of drug-likeness (QED) is 0.610. The average molecular weight is 282 g/mol. The molecule has 1 nitrogen and oxygen atoms in total. The minimum Gasteiger partial charge on any atom is -0.301 e. The van der Waals surface area contributed by atoms with Crippen LogP contribution in [0.1, 0.15) is 91.9 Å². The van der Waals surface area contributed by atoms with Crippen molar-refractivity contribution in [2.45, 2.75) is 97.9 Å². The van der Waals surface area contributed by atoms with Crippen molar-refractivity contribution in [3.63, 3.8) is 0 Å². The fraction of sp³-hybridized carbons (Fsp3) is 1.00. The van der Waals surface area contributed by atoms with Gasteiger partial charge in [0.2, 0.25) is 0 Å². The summed E-state index contributed by atoms with van der Waals surface area (Å²) in [6.07, 6.45) is 14.5. The summed E-state index contributed by atoms with van der Waals surface area (Å²) in [4.78, 5) is 2.71. The maximum Gasteiger partial charge on any atom is 0.00385 e. The third-order valence-corrected chi connectivity index (χ3v) is 5.21. The Morgan fingerprint density at radius 1 is 0.650 bits per heavy atom. The van der Waals surface area contributed by atoms with Gasteiger partial charge in [0.05, 0.1) is 0 Å². The van der Waals surface area contributed by atoms with Gasteiger partial charge in [-0.2, -0.15) is 0 Å². The standard InChI is InChI=1S/C19H39N/c1-17(2)19-13-10-8-6-5-7-9-11-15-20(18(3)4)16-12-14-19/h17-19H,5-16H2,1-4H3. The molecular weight excluding hydrogens is 242 g/mol. The van der Waals surface area contributed by atoms with Gasteiger partial charge in [-0.15, -0.1) is 0 Å². The van der Waals surface area contributed by atoms with Gasteiger partial charge in [0.15, 0.2) is 0 Å². The number of hydrogen-bond acceptors (Lipinski definition) is 1. The first-order chi connectivity index (χ1) is 9.61. The SMILES string of the molecule is CC(C)C1CCCCCCCCCN(C(C)C)CCC1. The Morgan fingerprint density at radius 3 is 1.75 bits per heavy atom. The Kier molecular flexibility index (Phi) is 9.59. The van der Waals surface area contributed by atoms with Crippen molar-refractivity contribution >= 4 is 0 Å². The molecule has 1 atom stereocenters. The highest BCUT2D eigenvalue weighted by atomic mass is 15.1. The second-order valence-electron chi connectivity index (χ2n) is 7.54. The van der Waals surface area contributed by atoms with Gasteiger partial charge in [0.25, 0.3) is 0 Å². The van der Waals surface area contributed by atoms with E-state index < -0.39 is 0 Å². The van der Waals surface area contributed by atoms with Crippen molar-refractivity contribution in [3.05, 3.63) is 0 Å². The Morgan fingerprint density at radius 2 is 1.15 bits per heavy atom. The molecule has 1 rings (SSSR count). The summed E-state index contributed by atoms with van der Waals surface area (Å²) < 4.78 is 0. The Labute approximate surface area is 128 Å². The van der Waals surface area contributed by atoms with Crippen LogP contribution in [0.5, 0.6) is 0 Å². The summed E-state index contributed by atoms with van der Waals surface area (Å²) in [5.41, 5.74) is 0. The van der Waals surface area contributed by atoms with E-state index in [2.05, 4.69) is 32.6 Å². The van der Waals surface area contributed by atoms with Gasteiger partial charge in [-0.05, 0) is 58.0 Å². The highest BCUT2D eigenvalue weighted by Crippen LogP contribution is 2.25. The largest absolute Gasteiger partial charge is 0.301 e. The number of hydrogen-bond donors (Lipinski definition) is 0. The molecule has 0 spiro atoms. The van der Waals surface area contributed by atoms with E-state index in [4.69, 9.17) is 0 Å². The molecule has 0 amide bonds. The molecule has 1 saturated heterocycles. The van der Waals surface area contributed by atoms with Crippen molar-refractivity contribution in [2.24, 2.45) is 11.8 Å². The molecule has 0 bridgehead atoms. The van der Waals surface area contributed by atoms with E-state index >= 15 is 0 Å². The van der Waals surface area contributed by atoms with Crippen LogP contribution in [0.4, 0.5) is 0 Å². The Hall–Kier alpha value is -0.0400. The Balaban J connectivity index is 2.45. The summed E-state index contributed by atoms with van der Waals surface area (Å²) in [7, 11) is 0. The van der Waals surface area contributed by atoms with Crippen LogP contribution in [0.2, 0.25) is 0 Å². The molecule has 1 heteroatoms. The molecule has 0 radical (unpaired) electrons. The van der Waals surface area contributed by atoms with E-state index in [0.29, 0.717) is 0 Å². The van der Waals surface area contributed by atoms with Crippen molar-refractivity contribution in [1.82, 2.24) is 4.90 Å². The van der Waals surface area contributed by atoms with Crippen LogP contribution in [-0.4, -0.2) is 24.0 Å². The predicted octanol–water partition coefficient (Wildman–Crippen LogP) is 5.88. The van der Waals surface area contributed by atoms with Gasteiger partial charge in [-0.1, -0.05) is 58.8 Å². The molecule has 1 fully saturated rings. The average Bonchev–Trinajstić information content (AvgIpc) is 2.40. The lowest BCUT2D eigenvalue weighted by molar-refractivity contribution is 0.199. The van der Waals surface area contributed by atoms with E-state index in [0.717, 1.165) is 17.9 Å². The van der Waals surface area contributed by atoms with E-state index in [1.807, 2.05) is 0 Å². The lowest BCUT2D eigenvalue weighted by atomic mass is 9.86. The smallest absolute Gasteiger partial charge is 0.00385 e. The van der Waals surface area contributed by atoms with Crippen LogP contribution in [0, 0.1) is 11.8 Å². The molecule has 120 valence electrons. The fourth-order valence-corrected chi connectivity index (χ4v) is 3.60. The van der Waals surface area contributed by atoms with Gasteiger partial charge in [-0.25, -0.2) is 0 Å². The molecule has 0 aromatic heterocycles. The maximum absolute atomic E-state index is 2.71. The highest BCUT2D eigenvalue weighted by molar-refractivity contribution is 4.68. The fourth-order valence-electron chi connectivity index (χ4n) is 3.60. The molecule has 1 unspecified atom stereocenters. The summed E-state index contributed by atoms with van der Waals surface area (Å²) in [5.74, 6) is 1.84. The van der Waals surface area contributed by atoms with Gasteiger partial charge >= 0.3 is 0 Å².